The van der Waals surface area contributed by atoms with Gasteiger partial charge in [-0.1, -0.05) is 24.3 Å². The van der Waals surface area contributed by atoms with E-state index in [1.54, 1.807) is 19.1 Å². The molecular weight excluding hydrogens is 276 g/mol. The third kappa shape index (κ3) is 2.13. The molecule has 3 N–H and O–H groups in total. The molecule has 0 aliphatic rings. The van der Waals surface area contributed by atoms with E-state index < -0.39 is 0 Å². The van der Waals surface area contributed by atoms with Crippen molar-refractivity contribution in [2.45, 2.75) is 20.8 Å². The molecule has 0 fully saturated rings. The van der Waals surface area contributed by atoms with Gasteiger partial charge in [-0.15, -0.1) is 0 Å². The summed E-state index contributed by atoms with van der Waals surface area (Å²) in [5.74, 6) is 0.132. The van der Waals surface area contributed by atoms with Crippen molar-refractivity contribution < 1.29 is 10.2 Å². The number of benzene rings is 2. The number of aryl methyl sites for hydroxylation is 2. The molecule has 3 rings (SSSR count). The average molecular weight is 294 g/mol. The Kier molecular flexibility index (Phi) is 3.37. The molecule has 0 bridgehead atoms. The predicted octanol–water partition coefficient (Wildman–Crippen LogP) is 4.08. The highest BCUT2D eigenvalue weighted by atomic mass is 16.3. The minimum absolute atomic E-state index is 0.0568. The van der Waals surface area contributed by atoms with Crippen LogP contribution >= 0.6 is 0 Å². The van der Waals surface area contributed by atoms with E-state index in [4.69, 9.17) is 0 Å². The van der Waals surface area contributed by atoms with Crippen molar-refractivity contribution in [1.82, 2.24) is 10.2 Å². The van der Waals surface area contributed by atoms with Gasteiger partial charge in [-0.25, -0.2) is 0 Å². The molecule has 0 saturated heterocycles. The van der Waals surface area contributed by atoms with Gasteiger partial charge in [-0.3, -0.25) is 5.10 Å². The van der Waals surface area contributed by atoms with Gasteiger partial charge in [0.05, 0.1) is 0 Å². The molecule has 22 heavy (non-hydrogen) atoms. The molecule has 0 radical (unpaired) electrons. The molecule has 1 aromatic heterocycles. The van der Waals surface area contributed by atoms with E-state index in [9.17, 15) is 10.2 Å². The molecule has 0 spiro atoms. The SMILES string of the molecule is Cc1ccccc1-c1c(-c2ccc(O)c(C)c2O)n[nH]c1C. The minimum Gasteiger partial charge on any atom is -0.508 e. The maximum absolute atomic E-state index is 10.4. The van der Waals surface area contributed by atoms with Gasteiger partial charge >= 0.3 is 0 Å². The summed E-state index contributed by atoms with van der Waals surface area (Å²) < 4.78 is 0. The summed E-state index contributed by atoms with van der Waals surface area (Å²) in [4.78, 5) is 0. The number of phenols is 2. The fourth-order valence-corrected chi connectivity index (χ4v) is 2.69. The first-order valence-electron chi connectivity index (χ1n) is 7.13. The highest BCUT2D eigenvalue weighted by molar-refractivity contribution is 5.86. The van der Waals surface area contributed by atoms with E-state index in [1.807, 2.05) is 38.1 Å². The molecule has 0 amide bonds. The molecule has 0 saturated carbocycles. The van der Waals surface area contributed by atoms with Gasteiger partial charge < -0.3 is 10.2 Å². The van der Waals surface area contributed by atoms with Gasteiger partial charge in [0.15, 0.2) is 0 Å². The lowest BCUT2D eigenvalue weighted by molar-refractivity contribution is 0.444. The van der Waals surface area contributed by atoms with Gasteiger partial charge in [0.25, 0.3) is 0 Å². The molecule has 112 valence electrons. The molecule has 0 aliphatic carbocycles. The molecule has 4 heteroatoms. The number of nitrogens with one attached hydrogen (secondary N) is 1. The first kappa shape index (κ1) is 14.2. The van der Waals surface area contributed by atoms with Crippen LogP contribution in [0.2, 0.25) is 0 Å². The Balaban J connectivity index is 2.28. The third-order valence-electron chi connectivity index (χ3n) is 4.02. The average Bonchev–Trinajstić information content (AvgIpc) is 2.87. The molecule has 0 unspecified atom stereocenters. The summed E-state index contributed by atoms with van der Waals surface area (Å²) in [6.07, 6.45) is 0. The van der Waals surface area contributed by atoms with E-state index in [-0.39, 0.29) is 11.5 Å². The molecule has 1 heterocycles. The highest BCUT2D eigenvalue weighted by Crippen LogP contribution is 2.41. The van der Waals surface area contributed by atoms with Crippen LogP contribution in [0.4, 0.5) is 0 Å². The van der Waals surface area contributed by atoms with Crippen LogP contribution in [0.15, 0.2) is 36.4 Å². The van der Waals surface area contributed by atoms with Crippen LogP contribution in [0.25, 0.3) is 22.4 Å². The first-order valence-corrected chi connectivity index (χ1v) is 7.13. The first-order chi connectivity index (χ1) is 10.5. The van der Waals surface area contributed by atoms with Gasteiger partial charge in [0, 0.05) is 22.4 Å². The Bertz CT molecular complexity index is 850. The summed E-state index contributed by atoms with van der Waals surface area (Å²) in [5.41, 5.74) is 5.88. The van der Waals surface area contributed by atoms with Gasteiger partial charge in [-0.05, 0) is 44.0 Å². The topological polar surface area (TPSA) is 69.1 Å². The predicted molar refractivity (Wildman–Crippen MR) is 87.0 cm³/mol. The maximum atomic E-state index is 10.4. The lowest BCUT2D eigenvalue weighted by atomic mass is 9.94. The number of phenolic OH excluding ortho intramolecular Hbond substituents is 2. The van der Waals surface area contributed by atoms with Gasteiger partial charge in [-0.2, -0.15) is 5.10 Å². The van der Waals surface area contributed by atoms with Gasteiger partial charge in [0.1, 0.15) is 17.2 Å². The largest absolute Gasteiger partial charge is 0.508 e. The fraction of sp³-hybridized carbons (Fsp3) is 0.167. The number of hydrogen-bond acceptors (Lipinski definition) is 3. The number of aromatic amines is 1. The van der Waals surface area contributed by atoms with Crippen LogP contribution in [0.5, 0.6) is 11.5 Å². The number of aromatic nitrogens is 2. The molecule has 2 aromatic carbocycles. The maximum Gasteiger partial charge on any atom is 0.131 e. The van der Waals surface area contributed by atoms with Crippen LogP contribution < -0.4 is 0 Å². The summed E-state index contributed by atoms with van der Waals surface area (Å²) in [5, 5.41) is 27.5. The van der Waals surface area contributed by atoms with Crippen molar-refractivity contribution in [3.8, 4) is 33.9 Å². The van der Waals surface area contributed by atoms with Crippen molar-refractivity contribution in [1.29, 1.82) is 0 Å². The molecule has 0 atom stereocenters. The van der Waals surface area contributed by atoms with Crippen LogP contribution in [-0.4, -0.2) is 20.4 Å². The van der Waals surface area contributed by atoms with Crippen LogP contribution in [0.1, 0.15) is 16.8 Å². The van der Waals surface area contributed by atoms with Crippen LogP contribution in [-0.2, 0) is 0 Å². The quantitative estimate of drug-likeness (QED) is 0.667. The number of H-pyrrole nitrogens is 1. The monoisotopic (exact) mass is 294 g/mol. The summed E-state index contributed by atoms with van der Waals surface area (Å²) in [6, 6.07) is 11.3. The van der Waals surface area contributed by atoms with Crippen molar-refractivity contribution in [2.75, 3.05) is 0 Å². The zero-order valence-corrected chi connectivity index (χ0v) is 12.8. The summed E-state index contributed by atoms with van der Waals surface area (Å²) in [7, 11) is 0. The Hall–Kier alpha value is -2.75. The van der Waals surface area contributed by atoms with Crippen LogP contribution in [0.3, 0.4) is 0 Å². The molecular formula is C18H18N2O2. The summed E-state index contributed by atoms with van der Waals surface area (Å²) >= 11 is 0. The van der Waals surface area contributed by atoms with E-state index >= 15 is 0 Å². The Morgan fingerprint density at radius 3 is 2.36 bits per heavy atom. The number of nitrogens with zero attached hydrogens (tertiary/aromatic N) is 1. The Labute approximate surface area is 129 Å². The minimum atomic E-state index is 0.0568. The fourth-order valence-electron chi connectivity index (χ4n) is 2.69. The normalized spacial score (nSPS) is 10.9. The van der Waals surface area contributed by atoms with Crippen molar-refractivity contribution in [3.63, 3.8) is 0 Å². The highest BCUT2D eigenvalue weighted by Gasteiger charge is 2.19. The smallest absolute Gasteiger partial charge is 0.131 e. The zero-order chi connectivity index (χ0) is 15.9. The second-order valence-corrected chi connectivity index (χ2v) is 5.49. The summed E-state index contributed by atoms with van der Waals surface area (Å²) in [6.45, 7) is 5.69. The second kappa shape index (κ2) is 5.22. The van der Waals surface area contributed by atoms with E-state index in [0.717, 1.165) is 22.4 Å². The molecule has 3 aromatic rings. The van der Waals surface area contributed by atoms with Gasteiger partial charge in [0.2, 0.25) is 0 Å². The third-order valence-corrected chi connectivity index (χ3v) is 4.02. The molecule has 4 nitrogen and oxygen atoms in total. The molecule has 0 aliphatic heterocycles. The van der Waals surface area contributed by atoms with E-state index in [0.29, 0.717) is 16.8 Å². The van der Waals surface area contributed by atoms with Crippen molar-refractivity contribution in [3.05, 3.63) is 53.2 Å². The van der Waals surface area contributed by atoms with E-state index in [2.05, 4.69) is 10.2 Å². The van der Waals surface area contributed by atoms with E-state index in [1.165, 1.54) is 0 Å². The lowest BCUT2D eigenvalue weighted by Crippen LogP contribution is -1.89. The van der Waals surface area contributed by atoms with Crippen molar-refractivity contribution in [2.24, 2.45) is 0 Å². The lowest BCUT2D eigenvalue weighted by Gasteiger charge is -2.11. The Morgan fingerprint density at radius 2 is 1.64 bits per heavy atom. The number of rotatable bonds is 2. The second-order valence-electron chi connectivity index (χ2n) is 5.49. The van der Waals surface area contributed by atoms with Crippen molar-refractivity contribution >= 4 is 0 Å². The standard InChI is InChI=1S/C18H18N2O2/c1-10-6-4-5-7-13(10)16-12(3)19-20-17(16)14-8-9-15(21)11(2)18(14)22/h4-9,21-22H,1-3H3,(H,19,20). The Morgan fingerprint density at radius 1 is 0.909 bits per heavy atom. The number of aromatic hydroxyl groups is 2. The van der Waals surface area contributed by atoms with Crippen LogP contribution in [0, 0.1) is 20.8 Å². The zero-order valence-electron chi connectivity index (χ0n) is 12.8. The number of hydrogen-bond donors (Lipinski definition) is 3.